The van der Waals surface area contributed by atoms with Gasteiger partial charge in [0.1, 0.15) is 17.3 Å². The number of Topliss-reactive ketones (excluding diaryl/α,β-unsaturated/α-hetero) is 2. The number of hydrogen-bond acceptors (Lipinski definition) is 4. The molecule has 0 fully saturated rings. The smallest absolute Gasteiger partial charge is 0.135 e. The van der Waals surface area contributed by atoms with Crippen molar-refractivity contribution >= 4 is 11.6 Å². The third kappa shape index (κ3) is 4.36. The third-order valence-electron chi connectivity index (χ3n) is 6.29. The van der Waals surface area contributed by atoms with Gasteiger partial charge in [0.05, 0.1) is 5.69 Å². The number of benzene rings is 2. The third-order valence-corrected chi connectivity index (χ3v) is 6.29. The van der Waals surface area contributed by atoms with E-state index >= 15 is 0 Å². The fourth-order valence-corrected chi connectivity index (χ4v) is 4.48. The van der Waals surface area contributed by atoms with Crippen LogP contribution in [0.1, 0.15) is 56.6 Å². The van der Waals surface area contributed by atoms with Crippen molar-refractivity contribution in [1.29, 1.82) is 0 Å². The molecule has 3 aromatic rings. The van der Waals surface area contributed by atoms with Crippen molar-refractivity contribution in [3.63, 3.8) is 0 Å². The standard InChI is InChI=1S/C26H29N3O2/c1-17(2)24(31)15-14-20(30)13-12-19-16-18-8-4-5-10-22(18)26-25(27-28-29(26)3)23-11-7-6-9-21(19)23/h4-11,17,19H,12-16H2,1-3H3/t19-/m0/s1. The van der Waals surface area contributed by atoms with Gasteiger partial charge in [-0.1, -0.05) is 67.6 Å². The Kier molecular flexibility index (Phi) is 6.12. The van der Waals surface area contributed by atoms with Crippen molar-refractivity contribution in [3.05, 3.63) is 59.7 Å². The molecule has 0 amide bonds. The lowest BCUT2D eigenvalue weighted by Gasteiger charge is -2.24. The van der Waals surface area contributed by atoms with Gasteiger partial charge >= 0.3 is 0 Å². The van der Waals surface area contributed by atoms with E-state index in [-0.39, 0.29) is 23.4 Å². The van der Waals surface area contributed by atoms with Crippen molar-refractivity contribution in [2.24, 2.45) is 13.0 Å². The number of carbonyl (C=O) groups excluding carboxylic acids is 2. The van der Waals surface area contributed by atoms with Gasteiger partial charge in [0, 0.05) is 43.4 Å². The first-order valence-electron chi connectivity index (χ1n) is 11.1. The van der Waals surface area contributed by atoms with Crippen LogP contribution in [0.4, 0.5) is 0 Å². The molecule has 0 N–H and O–H groups in total. The van der Waals surface area contributed by atoms with Crippen LogP contribution in [0.5, 0.6) is 0 Å². The number of aryl methyl sites for hydroxylation is 1. The molecule has 1 heterocycles. The summed E-state index contributed by atoms with van der Waals surface area (Å²) in [7, 11) is 1.93. The van der Waals surface area contributed by atoms with Gasteiger partial charge in [-0.2, -0.15) is 0 Å². The Morgan fingerprint density at radius 1 is 1.00 bits per heavy atom. The Labute approximate surface area is 183 Å². The molecule has 1 atom stereocenters. The van der Waals surface area contributed by atoms with Gasteiger partial charge in [-0.05, 0) is 29.9 Å². The second kappa shape index (κ2) is 8.96. The zero-order valence-corrected chi connectivity index (χ0v) is 18.5. The molecule has 0 spiro atoms. The Morgan fingerprint density at radius 2 is 1.71 bits per heavy atom. The Bertz CT molecular complexity index is 1110. The summed E-state index contributed by atoms with van der Waals surface area (Å²) < 4.78 is 1.85. The quantitative estimate of drug-likeness (QED) is 0.536. The first-order chi connectivity index (χ1) is 15.0. The van der Waals surface area contributed by atoms with E-state index in [0.717, 1.165) is 35.4 Å². The lowest BCUT2D eigenvalue weighted by Crippen LogP contribution is -2.13. The Morgan fingerprint density at radius 3 is 2.48 bits per heavy atom. The predicted molar refractivity (Wildman–Crippen MR) is 122 cm³/mol. The number of fused-ring (bicyclic) bond motifs is 5. The molecule has 5 nitrogen and oxygen atoms in total. The second-order valence-electron chi connectivity index (χ2n) is 8.75. The molecule has 0 bridgehead atoms. The molecular formula is C26H29N3O2. The Hall–Kier alpha value is -3.08. The molecule has 5 heteroatoms. The van der Waals surface area contributed by atoms with E-state index in [9.17, 15) is 9.59 Å². The van der Waals surface area contributed by atoms with E-state index in [0.29, 0.717) is 19.3 Å². The summed E-state index contributed by atoms with van der Waals surface area (Å²) in [5.41, 5.74) is 6.63. The number of aromatic nitrogens is 3. The van der Waals surface area contributed by atoms with Gasteiger partial charge in [0.15, 0.2) is 0 Å². The fraction of sp³-hybridized carbons (Fsp3) is 0.385. The van der Waals surface area contributed by atoms with Crippen LogP contribution < -0.4 is 0 Å². The van der Waals surface area contributed by atoms with Crippen LogP contribution in [-0.2, 0) is 23.1 Å². The number of ketones is 2. The molecule has 0 aliphatic heterocycles. The average Bonchev–Trinajstić information content (AvgIpc) is 3.14. The minimum absolute atomic E-state index is 0.0111. The van der Waals surface area contributed by atoms with E-state index in [1.165, 1.54) is 11.1 Å². The number of nitrogens with zero attached hydrogens (tertiary/aromatic N) is 3. The summed E-state index contributed by atoms with van der Waals surface area (Å²) in [5, 5.41) is 8.82. The highest BCUT2D eigenvalue weighted by Gasteiger charge is 2.27. The predicted octanol–water partition coefficient (Wildman–Crippen LogP) is 5.14. The van der Waals surface area contributed by atoms with Crippen LogP contribution in [0.3, 0.4) is 0 Å². The normalized spacial score (nSPS) is 14.9. The first kappa shape index (κ1) is 21.2. The summed E-state index contributed by atoms with van der Waals surface area (Å²) in [4.78, 5) is 24.4. The van der Waals surface area contributed by atoms with E-state index in [1.54, 1.807) is 0 Å². The molecule has 0 saturated carbocycles. The van der Waals surface area contributed by atoms with Crippen LogP contribution >= 0.6 is 0 Å². The minimum Gasteiger partial charge on any atom is -0.300 e. The van der Waals surface area contributed by atoms with Gasteiger partial charge in [-0.15, -0.1) is 5.10 Å². The maximum Gasteiger partial charge on any atom is 0.135 e. The number of carbonyl (C=O) groups is 2. The molecular weight excluding hydrogens is 386 g/mol. The molecule has 0 radical (unpaired) electrons. The lowest BCUT2D eigenvalue weighted by molar-refractivity contribution is -0.126. The van der Waals surface area contributed by atoms with E-state index in [4.69, 9.17) is 0 Å². The SMILES string of the molecule is CC(C)C(=O)CCC(=O)CC[C@H]1Cc2ccccc2-c2c(nnn2C)-c2ccccc21. The molecule has 1 aliphatic rings. The molecule has 0 saturated heterocycles. The second-order valence-corrected chi connectivity index (χ2v) is 8.75. The molecule has 160 valence electrons. The van der Waals surface area contributed by atoms with E-state index < -0.39 is 0 Å². The number of rotatable bonds is 7. The minimum atomic E-state index is -0.0111. The van der Waals surface area contributed by atoms with Crippen LogP contribution in [0.2, 0.25) is 0 Å². The topological polar surface area (TPSA) is 64.8 Å². The summed E-state index contributed by atoms with van der Waals surface area (Å²) in [6.07, 6.45) is 2.80. The van der Waals surface area contributed by atoms with Crippen molar-refractivity contribution < 1.29 is 9.59 Å². The van der Waals surface area contributed by atoms with Crippen molar-refractivity contribution in [3.8, 4) is 22.5 Å². The van der Waals surface area contributed by atoms with E-state index in [1.807, 2.05) is 37.7 Å². The van der Waals surface area contributed by atoms with Crippen molar-refractivity contribution in [1.82, 2.24) is 15.0 Å². The highest BCUT2D eigenvalue weighted by Crippen LogP contribution is 2.42. The Balaban J connectivity index is 1.64. The van der Waals surface area contributed by atoms with Gasteiger partial charge in [-0.3, -0.25) is 9.59 Å². The highest BCUT2D eigenvalue weighted by molar-refractivity contribution is 5.87. The monoisotopic (exact) mass is 415 g/mol. The van der Waals surface area contributed by atoms with Crippen LogP contribution in [-0.4, -0.2) is 26.6 Å². The summed E-state index contributed by atoms with van der Waals surface area (Å²) in [5.74, 6) is 0.524. The summed E-state index contributed by atoms with van der Waals surface area (Å²) in [6, 6.07) is 16.7. The molecule has 2 aromatic carbocycles. The van der Waals surface area contributed by atoms with Crippen molar-refractivity contribution in [2.45, 2.75) is 51.9 Å². The molecule has 31 heavy (non-hydrogen) atoms. The molecule has 4 rings (SSSR count). The highest BCUT2D eigenvalue weighted by atomic mass is 16.1. The summed E-state index contributed by atoms with van der Waals surface area (Å²) in [6.45, 7) is 3.77. The molecule has 0 unspecified atom stereocenters. The lowest BCUT2D eigenvalue weighted by atomic mass is 9.80. The van der Waals surface area contributed by atoms with Crippen molar-refractivity contribution in [2.75, 3.05) is 0 Å². The van der Waals surface area contributed by atoms with E-state index in [2.05, 4.69) is 46.7 Å². The summed E-state index contributed by atoms with van der Waals surface area (Å²) >= 11 is 0. The van der Waals surface area contributed by atoms with Gasteiger partial charge in [0.2, 0.25) is 0 Å². The van der Waals surface area contributed by atoms with Gasteiger partial charge in [-0.25, -0.2) is 4.68 Å². The maximum atomic E-state index is 12.5. The van der Waals surface area contributed by atoms with Crippen LogP contribution in [0.25, 0.3) is 22.5 Å². The van der Waals surface area contributed by atoms with Crippen LogP contribution in [0.15, 0.2) is 48.5 Å². The molecule has 1 aliphatic carbocycles. The largest absolute Gasteiger partial charge is 0.300 e. The first-order valence-corrected chi connectivity index (χ1v) is 11.1. The van der Waals surface area contributed by atoms with Gasteiger partial charge < -0.3 is 0 Å². The van der Waals surface area contributed by atoms with Gasteiger partial charge in [0.25, 0.3) is 0 Å². The molecule has 1 aromatic heterocycles. The average molecular weight is 416 g/mol. The van der Waals surface area contributed by atoms with Crippen LogP contribution in [0, 0.1) is 5.92 Å². The fourth-order valence-electron chi connectivity index (χ4n) is 4.48. The zero-order valence-electron chi connectivity index (χ0n) is 18.5. The maximum absolute atomic E-state index is 12.5. The zero-order chi connectivity index (χ0) is 22.0. The number of hydrogen-bond donors (Lipinski definition) is 0.